The van der Waals surface area contributed by atoms with Gasteiger partial charge in [0.1, 0.15) is 0 Å². The third-order valence-electron chi connectivity index (χ3n) is 12.4. The lowest BCUT2D eigenvalue weighted by Crippen LogP contribution is -2.16. The highest BCUT2D eigenvalue weighted by molar-refractivity contribution is 6.14. The quantitative estimate of drug-likeness (QED) is 0.157. The molecule has 1 aliphatic carbocycles. The predicted molar refractivity (Wildman–Crippen MR) is 249 cm³/mol. The number of hydrogen-bond donors (Lipinski definition) is 0. The topological polar surface area (TPSA) is 8.17 Å². The van der Waals surface area contributed by atoms with Crippen LogP contribution in [0.15, 0.2) is 218 Å². The number of hydrogen-bond acceptors (Lipinski definition) is 1. The summed E-state index contributed by atoms with van der Waals surface area (Å²) in [7, 11) is 0. The molecular formula is C57H42N2. The second-order valence-corrected chi connectivity index (χ2v) is 16.2. The molecule has 1 aromatic heterocycles. The summed E-state index contributed by atoms with van der Waals surface area (Å²) in [6.07, 6.45) is 0. The molecule has 2 nitrogen and oxygen atoms in total. The highest BCUT2D eigenvalue weighted by Crippen LogP contribution is 2.53. The van der Waals surface area contributed by atoms with Crippen molar-refractivity contribution >= 4 is 38.9 Å². The highest BCUT2D eigenvalue weighted by Gasteiger charge is 2.38. The van der Waals surface area contributed by atoms with Crippen LogP contribution >= 0.6 is 0 Å². The van der Waals surface area contributed by atoms with E-state index in [-0.39, 0.29) is 5.41 Å². The van der Waals surface area contributed by atoms with E-state index in [0.717, 1.165) is 17.1 Å². The summed E-state index contributed by atoms with van der Waals surface area (Å²) >= 11 is 0. The zero-order chi connectivity index (χ0) is 39.5. The molecule has 0 saturated heterocycles. The minimum absolute atomic E-state index is 0.138. The van der Waals surface area contributed by atoms with Crippen molar-refractivity contribution in [3.8, 4) is 50.2 Å². The van der Waals surface area contributed by atoms with Crippen molar-refractivity contribution in [1.29, 1.82) is 0 Å². The van der Waals surface area contributed by atoms with E-state index in [2.05, 4.69) is 242 Å². The molecule has 0 saturated carbocycles. The number of anilines is 3. The fourth-order valence-electron chi connectivity index (χ4n) is 9.50. The van der Waals surface area contributed by atoms with Crippen molar-refractivity contribution in [2.45, 2.75) is 19.3 Å². The van der Waals surface area contributed by atoms with Gasteiger partial charge in [-0.2, -0.15) is 0 Å². The molecule has 0 fully saturated rings. The van der Waals surface area contributed by atoms with E-state index in [1.807, 2.05) is 0 Å². The standard InChI is InChI=1S/C57H42N2/c1-57(2)53-21-13-12-20-49(53)50-35-36-51-52-38-44(28-37-54(52)59(56(51)55(50)57)45-18-10-5-11-19-45)43-26-33-48(34-27-43)58(46-29-22-41(23-30-46)39-14-6-3-7-15-39)47-31-24-42(25-32-47)40-16-8-4-9-17-40/h3-38H,1-2H3. The molecule has 59 heavy (non-hydrogen) atoms. The van der Waals surface area contributed by atoms with E-state index >= 15 is 0 Å². The van der Waals surface area contributed by atoms with Crippen LogP contribution in [0.3, 0.4) is 0 Å². The van der Waals surface area contributed by atoms with E-state index in [0.29, 0.717) is 0 Å². The maximum atomic E-state index is 2.49. The van der Waals surface area contributed by atoms with Crippen LogP contribution in [0, 0.1) is 0 Å². The largest absolute Gasteiger partial charge is 0.311 e. The van der Waals surface area contributed by atoms with Gasteiger partial charge in [0, 0.05) is 38.9 Å². The van der Waals surface area contributed by atoms with Crippen molar-refractivity contribution in [2.24, 2.45) is 0 Å². The monoisotopic (exact) mass is 754 g/mol. The molecule has 1 heterocycles. The second kappa shape index (κ2) is 13.9. The summed E-state index contributed by atoms with van der Waals surface area (Å²) in [5.41, 5.74) is 19.6. The van der Waals surface area contributed by atoms with Gasteiger partial charge in [-0.05, 0) is 116 Å². The van der Waals surface area contributed by atoms with Crippen LogP contribution in [0.2, 0.25) is 0 Å². The number of fused-ring (bicyclic) bond motifs is 7. The molecule has 1 aliphatic rings. The first-order chi connectivity index (χ1) is 29.0. The van der Waals surface area contributed by atoms with Crippen LogP contribution in [-0.2, 0) is 5.41 Å². The number of para-hydroxylation sites is 1. The molecule has 2 heteroatoms. The van der Waals surface area contributed by atoms with Gasteiger partial charge in [0.05, 0.1) is 11.0 Å². The average molecular weight is 755 g/mol. The Kier molecular flexibility index (Phi) is 8.20. The number of nitrogens with zero attached hydrogens (tertiary/aromatic N) is 2. The fourth-order valence-corrected chi connectivity index (χ4v) is 9.50. The van der Waals surface area contributed by atoms with Gasteiger partial charge in [-0.15, -0.1) is 0 Å². The van der Waals surface area contributed by atoms with E-state index in [1.54, 1.807) is 0 Å². The Balaban J connectivity index is 1.01. The van der Waals surface area contributed by atoms with Gasteiger partial charge in [-0.3, -0.25) is 0 Å². The number of benzene rings is 9. The minimum Gasteiger partial charge on any atom is -0.311 e. The summed E-state index contributed by atoms with van der Waals surface area (Å²) in [5.74, 6) is 0. The minimum atomic E-state index is -0.138. The normalized spacial score (nSPS) is 12.7. The number of aromatic nitrogens is 1. The highest BCUT2D eigenvalue weighted by atomic mass is 15.1. The molecule has 0 spiro atoms. The predicted octanol–water partition coefficient (Wildman–Crippen LogP) is 15.6. The molecule has 9 aromatic carbocycles. The Labute approximate surface area is 345 Å². The summed E-state index contributed by atoms with van der Waals surface area (Å²) in [6.45, 7) is 4.77. The van der Waals surface area contributed by atoms with E-state index in [9.17, 15) is 0 Å². The zero-order valence-electron chi connectivity index (χ0n) is 33.2. The van der Waals surface area contributed by atoms with Gasteiger partial charge in [0.2, 0.25) is 0 Å². The lowest BCUT2D eigenvalue weighted by atomic mass is 9.81. The van der Waals surface area contributed by atoms with Gasteiger partial charge in [-0.1, -0.05) is 172 Å². The van der Waals surface area contributed by atoms with Crippen LogP contribution in [-0.4, -0.2) is 4.57 Å². The Morgan fingerprint density at radius 1 is 0.373 bits per heavy atom. The van der Waals surface area contributed by atoms with Crippen molar-refractivity contribution in [2.75, 3.05) is 4.90 Å². The van der Waals surface area contributed by atoms with Crippen molar-refractivity contribution in [3.05, 3.63) is 230 Å². The van der Waals surface area contributed by atoms with Gasteiger partial charge in [0.15, 0.2) is 0 Å². The number of rotatable bonds is 7. The van der Waals surface area contributed by atoms with Gasteiger partial charge < -0.3 is 9.47 Å². The summed E-state index contributed by atoms with van der Waals surface area (Å²) in [4.78, 5) is 2.35. The van der Waals surface area contributed by atoms with Crippen molar-refractivity contribution in [1.82, 2.24) is 4.57 Å². The first-order valence-corrected chi connectivity index (χ1v) is 20.5. The Morgan fingerprint density at radius 2 is 0.831 bits per heavy atom. The first-order valence-electron chi connectivity index (χ1n) is 20.5. The maximum Gasteiger partial charge on any atom is 0.0588 e. The molecule has 280 valence electrons. The van der Waals surface area contributed by atoms with Crippen LogP contribution in [0.4, 0.5) is 17.1 Å². The van der Waals surface area contributed by atoms with Crippen molar-refractivity contribution < 1.29 is 0 Å². The van der Waals surface area contributed by atoms with E-state index in [1.165, 1.54) is 83.1 Å². The lowest BCUT2D eigenvalue weighted by Gasteiger charge is -2.26. The fraction of sp³-hybridized carbons (Fsp3) is 0.0526. The molecule has 11 rings (SSSR count). The summed E-state index contributed by atoms with van der Waals surface area (Å²) in [5, 5.41) is 2.55. The maximum absolute atomic E-state index is 2.49. The molecule has 0 N–H and O–H groups in total. The first kappa shape index (κ1) is 34.8. The Hall–Kier alpha value is -7.42. The molecule has 0 aliphatic heterocycles. The van der Waals surface area contributed by atoms with E-state index < -0.39 is 0 Å². The Bertz CT molecular complexity index is 3040. The molecule has 0 amide bonds. The summed E-state index contributed by atoms with van der Waals surface area (Å²) < 4.78 is 2.49. The molecule has 0 unspecified atom stereocenters. The second-order valence-electron chi connectivity index (χ2n) is 16.2. The van der Waals surface area contributed by atoms with Crippen LogP contribution in [0.25, 0.3) is 72.0 Å². The SMILES string of the molecule is CC1(C)c2ccccc2-c2ccc3c4cc(-c5ccc(N(c6ccc(-c7ccccc7)cc6)c6ccc(-c7ccccc7)cc6)cc5)ccc4n(-c4ccccc4)c3c21. The van der Waals surface area contributed by atoms with Crippen LogP contribution < -0.4 is 4.90 Å². The van der Waals surface area contributed by atoms with E-state index in [4.69, 9.17) is 0 Å². The van der Waals surface area contributed by atoms with Crippen LogP contribution in [0.5, 0.6) is 0 Å². The third kappa shape index (κ3) is 5.79. The molecule has 0 radical (unpaired) electrons. The lowest BCUT2D eigenvalue weighted by molar-refractivity contribution is 0.664. The Morgan fingerprint density at radius 3 is 1.39 bits per heavy atom. The third-order valence-corrected chi connectivity index (χ3v) is 12.4. The van der Waals surface area contributed by atoms with Gasteiger partial charge >= 0.3 is 0 Å². The molecule has 10 aromatic rings. The molecular weight excluding hydrogens is 713 g/mol. The smallest absolute Gasteiger partial charge is 0.0588 e. The van der Waals surface area contributed by atoms with Gasteiger partial charge in [0.25, 0.3) is 0 Å². The molecule has 0 bridgehead atoms. The van der Waals surface area contributed by atoms with Crippen molar-refractivity contribution in [3.63, 3.8) is 0 Å². The average Bonchev–Trinajstić information content (AvgIpc) is 3.76. The summed E-state index contributed by atoms with van der Waals surface area (Å²) in [6, 6.07) is 79.5. The zero-order valence-corrected chi connectivity index (χ0v) is 33.2. The van der Waals surface area contributed by atoms with Crippen LogP contribution in [0.1, 0.15) is 25.0 Å². The van der Waals surface area contributed by atoms with Gasteiger partial charge in [-0.25, -0.2) is 0 Å². The molecule has 0 atom stereocenters.